The van der Waals surface area contributed by atoms with Crippen molar-refractivity contribution in [2.24, 2.45) is 0 Å². The number of thiazole rings is 1. The number of carbonyl (C=O) groups excluding carboxylic acids is 2. The first kappa shape index (κ1) is 16.2. The SMILES string of the molecule is CC(=O)c1cnc(Oc2ccc(C(=O)NC3CC4CCC3N4)cc2)s1. The van der Waals surface area contributed by atoms with E-state index < -0.39 is 0 Å². The molecule has 2 aliphatic heterocycles. The van der Waals surface area contributed by atoms with Crippen molar-refractivity contribution in [2.75, 3.05) is 0 Å². The van der Waals surface area contributed by atoms with Gasteiger partial charge in [0, 0.05) is 30.6 Å². The molecule has 1 aromatic heterocycles. The largest absolute Gasteiger partial charge is 0.431 e. The van der Waals surface area contributed by atoms with Crippen LogP contribution in [0.25, 0.3) is 0 Å². The highest BCUT2D eigenvalue weighted by Gasteiger charge is 2.39. The second kappa shape index (κ2) is 6.57. The smallest absolute Gasteiger partial charge is 0.279 e. The average Bonchev–Trinajstić information content (AvgIpc) is 3.32. The fraction of sp³-hybridized carbons (Fsp3) is 0.389. The highest BCUT2D eigenvalue weighted by atomic mass is 32.1. The van der Waals surface area contributed by atoms with Gasteiger partial charge in [-0.2, -0.15) is 0 Å². The summed E-state index contributed by atoms with van der Waals surface area (Å²) in [6, 6.07) is 8.16. The normalized spacial score (nSPS) is 24.3. The zero-order valence-corrected chi connectivity index (χ0v) is 14.6. The quantitative estimate of drug-likeness (QED) is 0.805. The van der Waals surface area contributed by atoms with E-state index in [2.05, 4.69) is 15.6 Å². The van der Waals surface area contributed by atoms with Gasteiger partial charge < -0.3 is 15.4 Å². The minimum absolute atomic E-state index is 0.0329. The third-order valence-electron chi connectivity index (χ3n) is 4.77. The van der Waals surface area contributed by atoms with Crippen molar-refractivity contribution < 1.29 is 14.3 Å². The molecule has 7 heteroatoms. The van der Waals surface area contributed by atoms with Gasteiger partial charge in [0.15, 0.2) is 5.78 Å². The van der Waals surface area contributed by atoms with Crippen LogP contribution in [-0.2, 0) is 0 Å². The van der Waals surface area contributed by atoms with Crippen LogP contribution in [-0.4, -0.2) is 34.8 Å². The lowest BCUT2D eigenvalue weighted by molar-refractivity contribution is 0.0930. The Morgan fingerprint density at radius 1 is 1.28 bits per heavy atom. The van der Waals surface area contributed by atoms with Gasteiger partial charge >= 0.3 is 0 Å². The summed E-state index contributed by atoms with van der Waals surface area (Å²) < 4.78 is 5.63. The zero-order valence-electron chi connectivity index (χ0n) is 13.8. The number of amides is 1. The Morgan fingerprint density at radius 2 is 2.08 bits per heavy atom. The Morgan fingerprint density at radius 3 is 2.68 bits per heavy atom. The van der Waals surface area contributed by atoms with Crippen LogP contribution in [0.1, 0.15) is 46.2 Å². The van der Waals surface area contributed by atoms with Crippen LogP contribution in [0.4, 0.5) is 0 Å². The van der Waals surface area contributed by atoms with Crippen LogP contribution < -0.4 is 15.4 Å². The number of carbonyl (C=O) groups is 2. The molecule has 2 fully saturated rings. The monoisotopic (exact) mass is 357 g/mol. The summed E-state index contributed by atoms with van der Waals surface area (Å²) in [5.74, 6) is 0.496. The molecule has 3 heterocycles. The Hall–Kier alpha value is -2.25. The van der Waals surface area contributed by atoms with Gasteiger partial charge in [0.2, 0.25) is 0 Å². The Balaban J connectivity index is 1.37. The van der Waals surface area contributed by atoms with Gasteiger partial charge in [0.1, 0.15) is 5.75 Å². The summed E-state index contributed by atoms with van der Waals surface area (Å²) >= 11 is 1.21. The molecule has 2 aliphatic rings. The molecular formula is C18H19N3O3S. The topological polar surface area (TPSA) is 80.3 Å². The Kier molecular flexibility index (Phi) is 4.27. The second-order valence-electron chi connectivity index (χ2n) is 6.54. The molecule has 6 nitrogen and oxygen atoms in total. The molecule has 3 atom stereocenters. The Labute approximate surface area is 149 Å². The maximum absolute atomic E-state index is 12.4. The number of hydrogen-bond acceptors (Lipinski definition) is 6. The number of hydrogen-bond donors (Lipinski definition) is 2. The van der Waals surface area contributed by atoms with E-state index in [0.717, 1.165) is 12.8 Å². The summed E-state index contributed by atoms with van der Waals surface area (Å²) in [7, 11) is 0. The van der Waals surface area contributed by atoms with Crippen molar-refractivity contribution >= 4 is 23.0 Å². The number of ether oxygens (including phenoxy) is 1. The maximum atomic E-state index is 12.4. The molecule has 2 aromatic rings. The first-order valence-electron chi connectivity index (χ1n) is 8.40. The minimum atomic E-state index is -0.0565. The van der Waals surface area contributed by atoms with Crippen LogP contribution >= 0.6 is 11.3 Å². The number of nitrogens with zero attached hydrogens (tertiary/aromatic N) is 1. The number of rotatable bonds is 5. The molecule has 2 bridgehead atoms. The predicted octanol–water partition coefficient (Wildman–Crippen LogP) is 2.76. The van der Waals surface area contributed by atoms with Gasteiger partial charge in [0.05, 0.1) is 11.1 Å². The highest BCUT2D eigenvalue weighted by Crippen LogP contribution is 2.29. The summed E-state index contributed by atoms with van der Waals surface area (Å²) in [4.78, 5) is 28.3. The van der Waals surface area contributed by atoms with Gasteiger partial charge in [-0.15, -0.1) is 0 Å². The fourth-order valence-corrected chi connectivity index (χ4v) is 4.16. The first-order chi connectivity index (χ1) is 12.1. The molecule has 0 spiro atoms. The lowest BCUT2D eigenvalue weighted by atomic mass is 9.95. The van der Waals surface area contributed by atoms with Gasteiger partial charge in [-0.05, 0) is 43.5 Å². The van der Waals surface area contributed by atoms with Crippen molar-refractivity contribution in [3.05, 3.63) is 40.9 Å². The molecule has 3 unspecified atom stereocenters. The summed E-state index contributed by atoms with van der Waals surface area (Å²) in [6.45, 7) is 1.50. The van der Waals surface area contributed by atoms with Crippen LogP contribution in [0, 0.1) is 0 Å². The molecule has 2 saturated heterocycles. The van der Waals surface area contributed by atoms with E-state index in [0.29, 0.717) is 33.5 Å². The lowest BCUT2D eigenvalue weighted by Crippen LogP contribution is -2.42. The molecule has 4 rings (SSSR count). The third kappa shape index (κ3) is 3.43. The molecular weight excluding hydrogens is 338 g/mol. The molecule has 0 saturated carbocycles. The summed E-state index contributed by atoms with van der Waals surface area (Å²) in [6.07, 6.45) is 4.87. The lowest BCUT2D eigenvalue weighted by Gasteiger charge is -2.21. The first-order valence-corrected chi connectivity index (χ1v) is 9.22. The summed E-state index contributed by atoms with van der Waals surface area (Å²) in [5, 5.41) is 7.05. The van der Waals surface area contributed by atoms with E-state index in [4.69, 9.17) is 4.74 Å². The average molecular weight is 357 g/mol. The second-order valence-corrected chi connectivity index (χ2v) is 7.53. The van der Waals surface area contributed by atoms with Gasteiger partial charge in [-0.3, -0.25) is 9.59 Å². The number of Topliss-reactive ketones (excluding diaryl/α,β-unsaturated/α-hetero) is 1. The van der Waals surface area contributed by atoms with Crippen LogP contribution in [0.5, 0.6) is 10.9 Å². The fourth-order valence-electron chi connectivity index (χ4n) is 3.48. The van der Waals surface area contributed by atoms with Gasteiger partial charge in [-0.25, -0.2) is 4.98 Å². The molecule has 2 N–H and O–H groups in total. The summed E-state index contributed by atoms with van der Waals surface area (Å²) in [5.41, 5.74) is 0.610. The van der Waals surface area contributed by atoms with E-state index in [1.807, 2.05) is 0 Å². The van der Waals surface area contributed by atoms with Crippen molar-refractivity contribution in [1.29, 1.82) is 0 Å². The van der Waals surface area contributed by atoms with E-state index >= 15 is 0 Å². The van der Waals surface area contributed by atoms with Crippen molar-refractivity contribution in [3.63, 3.8) is 0 Å². The van der Waals surface area contributed by atoms with Gasteiger partial charge in [0.25, 0.3) is 11.1 Å². The van der Waals surface area contributed by atoms with Crippen LogP contribution in [0.3, 0.4) is 0 Å². The number of nitrogens with one attached hydrogen (secondary N) is 2. The van der Waals surface area contributed by atoms with Crippen LogP contribution in [0.15, 0.2) is 30.5 Å². The number of fused-ring (bicyclic) bond motifs is 2. The standard InChI is InChI=1S/C18H19N3O3S/c1-10(22)16-9-19-18(25-16)24-13-5-2-11(3-6-13)17(23)21-15-8-12-4-7-14(15)20-12/h2-3,5-6,9,12,14-15,20H,4,7-8H2,1H3,(H,21,23). The minimum Gasteiger partial charge on any atom is -0.431 e. The molecule has 1 amide bonds. The Bertz CT molecular complexity index is 802. The molecule has 25 heavy (non-hydrogen) atoms. The predicted molar refractivity (Wildman–Crippen MR) is 94.5 cm³/mol. The zero-order chi connectivity index (χ0) is 17.4. The number of benzene rings is 1. The maximum Gasteiger partial charge on any atom is 0.279 e. The van der Waals surface area contributed by atoms with Gasteiger partial charge in [-0.1, -0.05) is 11.3 Å². The highest BCUT2D eigenvalue weighted by molar-refractivity contribution is 7.15. The van der Waals surface area contributed by atoms with Crippen LogP contribution in [0.2, 0.25) is 0 Å². The molecule has 0 radical (unpaired) electrons. The van der Waals surface area contributed by atoms with Crippen molar-refractivity contribution in [2.45, 2.75) is 44.3 Å². The number of aromatic nitrogens is 1. The number of ketones is 1. The van der Waals surface area contributed by atoms with E-state index in [9.17, 15) is 9.59 Å². The van der Waals surface area contributed by atoms with E-state index in [1.54, 1.807) is 24.3 Å². The van der Waals surface area contributed by atoms with Crippen molar-refractivity contribution in [1.82, 2.24) is 15.6 Å². The molecule has 0 aliphatic carbocycles. The van der Waals surface area contributed by atoms with Crippen molar-refractivity contribution in [3.8, 4) is 10.9 Å². The molecule has 130 valence electrons. The van der Waals surface area contributed by atoms with E-state index in [-0.39, 0.29) is 17.7 Å². The third-order valence-corrected chi connectivity index (χ3v) is 5.75. The molecule has 1 aromatic carbocycles. The van der Waals surface area contributed by atoms with E-state index in [1.165, 1.54) is 30.9 Å².